The fourth-order valence-corrected chi connectivity index (χ4v) is 4.43. The fraction of sp³-hybridized carbons (Fsp3) is 0.333. The first-order valence-electron chi connectivity index (χ1n) is 7.04. The SMILES string of the molecule is CN(C(=O)Nc1cccc2cccnc12)C1CCS(=O)(=O)C1. The second-order valence-corrected chi connectivity index (χ2v) is 7.71. The molecule has 1 unspecified atom stereocenters. The van der Waals surface area contributed by atoms with Gasteiger partial charge in [-0.25, -0.2) is 13.2 Å². The summed E-state index contributed by atoms with van der Waals surface area (Å²) >= 11 is 0. The summed E-state index contributed by atoms with van der Waals surface area (Å²) in [5.41, 5.74) is 1.33. The van der Waals surface area contributed by atoms with Gasteiger partial charge >= 0.3 is 6.03 Å². The number of carbonyl (C=O) groups is 1. The molecule has 1 saturated heterocycles. The van der Waals surface area contributed by atoms with Crippen LogP contribution in [0.4, 0.5) is 10.5 Å². The van der Waals surface area contributed by atoms with Gasteiger partial charge in [0.2, 0.25) is 0 Å². The normalized spacial score (nSPS) is 20.0. The van der Waals surface area contributed by atoms with Gasteiger partial charge in [-0.2, -0.15) is 0 Å². The van der Waals surface area contributed by atoms with Gasteiger partial charge in [-0.1, -0.05) is 18.2 Å². The largest absolute Gasteiger partial charge is 0.324 e. The number of fused-ring (bicyclic) bond motifs is 1. The van der Waals surface area contributed by atoms with Gasteiger partial charge in [-0.15, -0.1) is 0 Å². The summed E-state index contributed by atoms with van der Waals surface area (Å²) in [6.07, 6.45) is 2.16. The molecule has 1 aliphatic rings. The molecule has 0 spiro atoms. The topological polar surface area (TPSA) is 79.4 Å². The molecule has 2 aromatic rings. The smallest absolute Gasteiger partial charge is 0.321 e. The number of sulfone groups is 1. The van der Waals surface area contributed by atoms with Crippen LogP contribution in [-0.2, 0) is 9.84 Å². The van der Waals surface area contributed by atoms with E-state index in [1.54, 1.807) is 19.3 Å². The van der Waals surface area contributed by atoms with Gasteiger partial charge in [0.05, 0.1) is 22.7 Å². The van der Waals surface area contributed by atoms with Crippen molar-refractivity contribution in [1.82, 2.24) is 9.88 Å². The van der Waals surface area contributed by atoms with Gasteiger partial charge in [-0.3, -0.25) is 4.98 Å². The Morgan fingerprint density at radius 2 is 2.09 bits per heavy atom. The number of anilines is 1. The average Bonchev–Trinajstić information content (AvgIpc) is 2.87. The molecule has 0 aliphatic carbocycles. The second kappa shape index (κ2) is 5.57. The third-order valence-electron chi connectivity index (χ3n) is 3.95. The highest BCUT2D eigenvalue weighted by molar-refractivity contribution is 7.91. The maximum Gasteiger partial charge on any atom is 0.321 e. The Balaban J connectivity index is 1.79. The van der Waals surface area contributed by atoms with Crippen molar-refractivity contribution in [3.8, 4) is 0 Å². The molecule has 0 bridgehead atoms. The third-order valence-corrected chi connectivity index (χ3v) is 5.70. The summed E-state index contributed by atoms with van der Waals surface area (Å²) in [5, 5.41) is 3.76. The number of aromatic nitrogens is 1. The molecule has 0 saturated carbocycles. The Hall–Kier alpha value is -2.15. The van der Waals surface area contributed by atoms with E-state index in [0.717, 1.165) is 5.39 Å². The summed E-state index contributed by atoms with van der Waals surface area (Å²) in [5.74, 6) is 0.176. The number of nitrogens with one attached hydrogen (secondary N) is 1. The second-order valence-electron chi connectivity index (χ2n) is 5.48. The van der Waals surface area contributed by atoms with E-state index in [1.165, 1.54) is 4.90 Å². The molecule has 1 atom stereocenters. The molecule has 116 valence electrons. The number of hydrogen-bond donors (Lipinski definition) is 1. The lowest BCUT2D eigenvalue weighted by molar-refractivity contribution is 0.209. The van der Waals surface area contributed by atoms with Crippen LogP contribution in [0, 0.1) is 0 Å². The van der Waals surface area contributed by atoms with Crippen LogP contribution in [0.1, 0.15) is 6.42 Å². The summed E-state index contributed by atoms with van der Waals surface area (Å²) in [4.78, 5) is 18.1. The molecule has 7 heteroatoms. The van der Waals surface area contributed by atoms with Crippen molar-refractivity contribution in [1.29, 1.82) is 0 Å². The van der Waals surface area contributed by atoms with Crippen molar-refractivity contribution in [2.24, 2.45) is 0 Å². The van der Waals surface area contributed by atoms with Crippen LogP contribution >= 0.6 is 0 Å². The van der Waals surface area contributed by atoms with E-state index in [2.05, 4.69) is 10.3 Å². The quantitative estimate of drug-likeness (QED) is 0.916. The summed E-state index contributed by atoms with van der Waals surface area (Å²) < 4.78 is 23.1. The van der Waals surface area contributed by atoms with Crippen molar-refractivity contribution in [2.45, 2.75) is 12.5 Å². The minimum Gasteiger partial charge on any atom is -0.324 e. The highest BCUT2D eigenvalue weighted by Gasteiger charge is 2.32. The monoisotopic (exact) mass is 319 g/mol. The summed E-state index contributed by atoms with van der Waals surface area (Å²) in [6, 6.07) is 8.72. The Kier molecular flexibility index (Phi) is 3.74. The van der Waals surface area contributed by atoms with Crippen LogP contribution in [-0.4, -0.2) is 48.9 Å². The first kappa shape index (κ1) is 14.8. The first-order valence-corrected chi connectivity index (χ1v) is 8.86. The zero-order chi connectivity index (χ0) is 15.7. The van der Waals surface area contributed by atoms with Crippen LogP contribution in [0.3, 0.4) is 0 Å². The predicted molar refractivity (Wildman–Crippen MR) is 85.6 cm³/mol. The predicted octanol–water partition coefficient (Wildman–Crippen LogP) is 1.89. The lowest BCUT2D eigenvalue weighted by Crippen LogP contribution is -2.40. The molecule has 3 rings (SSSR count). The minimum atomic E-state index is -3.02. The molecule has 2 amide bonds. The molecule has 6 nitrogen and oxygen atoms in total. The van der Waals surface area contributed by atoms with Crippen LogP contribution in [0.2, 0.25) is 0 Å². The van der Waals surface area contributed by atoms with Crippen LogP contribution < -0.4 is 5.32 Å². The Morgan fingerprint density at radius 1 is 1.32 bits per heavy atom. The van der Waals surface area contributed by atoms with Gasteiger partial charge in [0.1, 0.15) is 0 Å². The number of pyridine rings is 1. The van der Waals surface area contributed by atoms with Crippen molar-refractivity contribution in [2.75, 3.05) is 23.9 Å². The molecular formula is C15H17N3O3S. The van der Waals surface area contributed by atoms with Crippen molar-refractivity contribution in [3.63, 3.8) is 0 Å². The van der Waals surface area contributed by atoms with E-state index in [4.69, 9.17) is 0 Å². The van der Waals surface area contributed by atoms with Gasteiger partial charge in [0.15, 0.2) is 9.84 Å². The van der Waals surface area contributed by atoms with Crippen molar-refractivity contribution < 1.29 is 13.2 Å². The van der Waals surface area contributed by atoms with Gasteiger partial charge in [0.25, 0.3) is 0 Å². The Bertz CT molecular complexity index is 814. The number of hydrogen-bond acceptors (Lipinski definition) is 4. The van der Waals surface area contributed by atoms with Crippen molar-refractivity contribution in [3.05, 3.63) is 36.5 Å². The lowest BCUT2D eigenvalue weighted by atomic mass is 10.2. The van der Waals surface area contributed by atoms with Crippen molar-refractivity contribution >= 4 is 32.5 Å². The molecule has 1 aromatic carbocycles. The van der Waals surface area contributed by atoms with Crippen LogP contribution in [0.15, 0.2) is 36.5 Å². The maximum atomic E-state index is 12.3. The fourth-order valence-electron chi connectivity index (χ4n) is 2.66. The number of carbonyl (C=O) groups excluding carboxylic acids is 1. The molecule has 22 heavy (non-hydrogen) atoms. The minimum absolute atomic E-state index is 0.0324. The molecule has 1 N–H and O–H groups in total. The van der Waals surface area contributed by atoms with Crippen LogP contribution in [0.25, 0.3) is 10.9 Å². The van der Waals surface area contributed by atoms with Gasteiger partial charge in [-0.05, 0) is 18.6 Å². The zero-order valence-corrected chi connectivity index (χ0v) is 13.0. The number of benzene rings is 1. The van der Waals surface area contributed by atoms with E-state index in [-0.39, 0.29) is 23.6 Å². The first-order chi connectivity index (χ1) is 10.5. The molecule has 0 radical (unpaired) electrons. The Labute approximate surface area is 129 Å². The van der Waals surface area contributed by atoms with E-state index in [1.807, 2.05) is 24.3 Å². The Morgan fingerprint density at radius 3 is 2.82 bits per heavy atom. The number of amides is 2. The van der Waals surface area contributed by atoms with E-state index < -0.39 is 9.84 Å². The molecular weight excluding hydrogens is 302 g/mol. The number of nitrogens with zero attached hydrogens (tertiary/aromatic N) is 2. The standard InChI is InChI=1S/C15H17N3O3S/c1-18(12-7-9-22(20,21)10-12)15(19)17-13-6-2-4-11-5-3-8-16-14(11)13/h2-6,8,12H,7,9-10H2,1H3,(H,17,19). The van der Waals surface area contributed by atoms with Gasteiger partial charge < -0.3 is 10.2 Å². The van der Waals surface area contributed by atoms with E-state index in [0.29, 0.717) is 17.6 Å². The maximum absolute atomic E-state index is 12.3. The highest BCUT2D eigenvalue weighted by Crippen LogP contribution is 2.22. The molecule has 1 aliphatic heterocycles. The van der Waals surface area contributed by atoms with Crippen LogP contribution in [0.5, 0.6) is 0 Å². The number of para-hydroxylation sites is 1. The molecule has 2 heterocycles. The molecule has 1 aromatic heterocycles. The highest BCUT2D eigenvalue weighted by atomic mass is 32.2. The average molecular weight is 319 g/mol. The number of rotatable bonds is 2. The van der Waals surface area contributed by atoms with E-state index >= 15 is 0 Å². The third kappa shape index (κ3) is 2.89. The summed E-state index contributed by atoms with van der Waals surface area (Å²) in [6.45, 7) is 0. The van der Waals surface area contributed by atoms with Gasteiger partial charge in [0, 0.05) is 24.7 Å². The lowest BCUT2D eigenvalue weighted by Gasteiger charge is -2.23. The summed E-state index contributed by atoms with van der Waals surface area (Å²) in [7, 11) is -1.39. The zero-order valence-electron chi connectivity index (χ0n) is 12.2. The number of urea groups is 1. The van der Waals surface area contributed by atoms with E-state index in [9.17, 15) is 13.2 Å². The molecule has 1 fully saturated rings.